The summed E-state index contributed by atoms with van der Waals surface area (Å²) in [6, 6.07) is 0.490. The molecule has 2 atom stereocenters. The van der Waals surface area contributed by atoms with E-state index in [1.807, 2.05) is 0 Å². The van der Waals surface area contributed by atoms with E-state index in [9.17, 15) is 0 Å². The molecule has 0 amide bonds. The minimum atomic E-state index is 0.351. The van der Waals surface area contributed by atoms with E-state index in [1.54, 1.807) is 0 Å². The maximum atomic E-state index is 5.27. The molecule has 1 aliphatic carbocycles. The number of fused-ring (bicyclic) bond motifs is 3. The molecule has 2 nitrogen and oxygen atoms in total. The van der Waals surface area contributed by atoms with Crippen LogP contribution in [-0.2, 0) is 4.84 Å². The summed E-state index contributed by atoms with van der Waals surface area (Å²) in [6.45, 7) is 0. The minimum Gasteiger partial charge on any atom is -0.294 e. The molecule has 0 spiro atoms. The van der Waals surface area contributed by atoms with Crippen molar-refractivity contribution in [2.24, 2.45) is 0 Å². The summed E-state index contributed by atoms with van der Waals surface area (Å²) in [5.74, 6) is 0. The molecule has 2 heteroatoms. The second kappa shape index (κ2) is 2.12. The van der Waals surface area contributed by atoms with Crippen LogP contribution < -0.4 is 5.48 Å². The molecule has 0 radical (unpaired) electrons. The van der Waals surface area contributed by atoms with E-state index in [0.717, 1.165) is 0 Å². The van der Waals surface area contributed by atoms with Crippen molar-refractivity contribution in [2.45, 2.75) is 31.4 Å². The van der Waals surface area contributed by atoms with Crippen molar-refractivity contribution >= 4 is 0 Å². The van der Waals surface area contributed by atoms with Gasteiger partial charge in [0.25, 0.3) is 0 Å². The Morgan fingerprint density at radius 3 is 3.11 bits per heavy atom. The van der Waals surface area contributed by atoms with Crippen molar-refractivity contribution in [3.63, 3.8) is 0 Å². The van der Waals surface area contributed by atoms with Crippen LogP contribution in [0.5, 0.6) is 0 Å². The molecule has 1 fully saturated rings. The molecular weight excluding hydrogens is 114 g/mol. The monoisotopic (exact) mass is 125 g/mol. The van der Waals surface area contributed by atoms with E-state index in [0.29, 0.717) is 12.1 Å². The highest BCUT2D eigenvalue weighted by Gasteiger charge is 2.19. The molecule has 3 aliphatic rings. The van der Waals surface area contributed by atoms with Gasteiger partial charge in [0.2, 0.25) is 0 Å². The summed E-state index contributed by atoms with van der Waals surface area (Å²) < 4.78 is 0. The van der Waals surface area contributed by atoms with E-state index in [4.69, 9.17) is 4.84 Å². The van der Waals surface area contributed by atoms with Crippen LogP contribution in [0.1, 0.15) is 19.3 Å². The Labute approximate surface area is 54.8 Å². The molecular formula is C7H11NO. The van der Waals surface area contributed by atoms with Gasteiger partial charge in [-0.05, 0) is 19.3 Å². The maximum absolute atomic E-state index is 5.27. The predicted molar refractivity (Wildman–Crippen MR) is 34.8 cm³/mol. The third-order valence-electron chi connectivity index (χ3n) is 1.93. The fourth-order valence-corrected chi connectivity index (χ4v) is 1.36. The van der Waals surface area contributed by atoms with Gasteiger partial charge < -0.3 is 0 Å². The lowest BCUT2D eigenvalue weighted by Gasteiger charge is -2.18. The Morgan fingerprint density at radius 2 is 2.33 bits per heavy atom. The molecule has 0 aromatic heterocycles. The van der Waals surface area contributed by atoms with Gasteiger partial charge in [-0.3, -0.25) is 4.84 Å². The van der Waals surface area contributed by atoms with Crippen LogP contribution in [0.4, 0.5) is 0 Å². The molecule has 1 saturated heterocycles. The van der Waals surface area contributed by atoms with E-state index in [2.05, 4.69) is 17.6 Å². The first kappa shape index (κ1) is 5.45. The summed E-state index contributed by atoms with van der Waals surface area (Å²) in [7, 11) is 0. The Hall–Kier alpha value is -0.340. The van der Waals surface area contributed by atoms with Crippen LogP contribution in [0, 0.1) is 0 Å². The van der Waals surface area contributed by atoms with Gasteiger partial charge in [0.15, 0.2) is 0 Å². The molecule has 0 unspecified atom stereocenters. The SMILES string of the molecule is C1=C[C@H]2CCC[C@@H]1ON2. The maximum Gasteiger partial charge on any atom is 0.0972 e. The molecule has 9 heavy (non-hydrogen) atoms. The molecule has 2 aliphatic heterocycles. The average Bonchev–Trinajstić information content (AvgIpc) is 2.21. The van der Waals surface area contributed by atoms with Crippen LogP contribution in [-0.4, -0.2) is 12.1 Å². The minimum absolute atomic E-state index is 0.351. The van der Waals surface area contributed by atoms with E-state index >= 15 is 0 Å². The lowest BCUT2D eigenvalue weighted by atomic mass is 10.2. The fraction of sp³-hybridized carbons (Fsp3) is 0.714. The highest BCUT2D eigenvalue weighted by molar-refractivity contribution is 5.02. The third-order valence-corrected chi connectivity index (χ3v) is 1.93. The topological polar surface area (TPSA) is 21.3 Å². The van der Waals surface area contributed by atoms with Gasteiger partial charge in [0, 0.05) is 0 Å². The van der Waals surface area contributed by atoms with E-state index in [-0.39, 0.29) is 0 Å². The highest BCUT2D eigenvalue weighted by atomic mass is 16.7. The highest BCUT2D eigenvalue weighted by Crippen LogP contribution is 2.18. The number of hydrogen-bond acceptors (Lipinski definition) is 2. The summed E-state index contributed by atoms with van der Waals surface area (Å²) >= 11 is 0. The molecule has 0 aromatic carbocycles. The second-order valence-corrected chi connectivity index (χ2v) is 2.70. The molecule has 2 heterocycles. The Morgan fingerprint density at radius 1 is 1.33 bits per heavy atom. The van der Waals surface area contributed by atoms with Crippen LogP contribution in [0.3, 0.4) is 0 Å². The Kier molecular flexibility index (Phi) is 1.28. The molecule has 2 bridgehead atoms. The van der Waals surface area contributed by atoms with Gasteiger partial charge in [-0.2, -0.15) is 5.48 Å². The van der Waals surface area contributed by atoms with Gasteiger partial charge in [0.05, 0.1) is 12.1 Å². The molecule has 0 aromatic rings. The van der Waals surface area contributed by atoms with Crippen LogP contribution in [0.25, 0.3) is 0 Å². The largest absolute Gasteiger partial charge is 0.294 e. The van der Waals surface area contributed by atoms with Gasteiger partial charge in [-0.25, -0.2) is 0 Å². The van der Waals surface area contributed by atoms with Crippen molar-refractivity contribution in [1.82, 2.24) is 5.48 Å². The standard InChI is InChI=1S/C7H11NO/c1-2-6-4-5-7(3-1)9-8-6/h4-8H,1-3H2/t6-,7+/m1/s1. The second-order valence-electron chi connectivity index (χ2n) is 2.70. The molecule has 1 N–H and O–H groups in total. The van der Waals surface area contributed by atoms with Gasteiger partial charge in [0.1, 0.15) is 0 Å². The van der Waals surface area contributed by atoms with Crippen molar-refractivity contribution in [1.29, 1.82) is 0 Å². The zero-order valence-corrected chi connectivity index (χ0v) is 5.34. The Bertz CT molecular complexity index is 115. The fourth-order valence-electron chi connectivity index (χ4n) is 1.36. The quantitative estimate of drug-likeness (QED) is 0.488. The summed E-state index contributed by atoms with van der Waals surface area (Å²) in [5.41, 5.74) is 2.99. The zero-order chi connectivity index (χ0) is 6.10. The lowest BCUT2D eigenvalue weighted by Crippen LogP contribution is -2.32. The normalized spacial score (nSPS) is 40.9. The van der Waals surface area contributed by atoms with Gasteiger partial charge >= 0.3 is 0 Å². The zero-order valence-electron chi connectivity index (χ0n) is 5.34. The van der Waals surface area contributed by atoms with Crippen LogP contribution >= 0.6 is 0 Å². The Balaban J connectivity index is 2.15. The average molecular weight is 125 g/mol. The van der Waals surface area contributed by atoms with Crippen molar-refractivity contribution < 1.29 is 4.84 Å². The number of hydrogen-bond donors (Lipinski definition) is 1. The summed E-state index contributed by atoms with van der Waals surface area (Å²) in [4.78, 5) is 5.27. The van der Waals surface area contributed by atoms with E-state index in [1.165, 1.54) is 19.3 Å². The molecule has 0 saturated carbocycles. The molecule has 50 valence electrons. The van der Waals surface area contributed by atoms with Crippen LogP contribution in [0.2, 0.25) is 0 Å². The van der Waals surface area contributed by atoms with Crippen molar-refractivity contribution in [2.75, 3.05) is 0 Å². The first-order valence-corrected chi connectivity index (χ1v) is 3.54. The molecule has 3 rings (SSSR count). The van der Waals surface area contributed by atoms with Crippen molar-refractivity contribution in [3.8, 4) is 0 Å². The summed E-state index contributed by atoms with van der Waals surface area (Å²) in [6.07, 6.45) is 8.42. The number of rotatable bonds is 0. The number of nitrogens with one attached hydrogen (secondary N) is 1. The third kappa shape index (κ3) is 1.00. The smallest absolute Gasteiger partial charge is 0.0972 e. The van der Waals surface area contributed by atoms with Crippen molar-refractivity contribution in [3.05, 3.63) is 12.2 Å². The summed E-state index contributed by atoms with van der Waals surface area (Å²) in [5, 5.41) is 0. The number of hydroxylamine groups is 1. The van der Waals surface area contributed by atoms with E-state index < -0.39 is 0 Å². The lowest BCUT2D eigenvalue weighted by molar-refractivity contribution is -0.0118. The van der Waals surface area contributed by atoms with Crippen LogP contribution in [0.15, 0.2) is 12.2 Å². The first-order valence-electron chi connectivity index (χ1n) is 3.54. The first-order chi connectivity index (χ1) is 4.45. The predicted octanol–water partition coefficient (Wildman–Crippen LogP) is 0.998. The van der Waals surface area contributed by atoms with Gasteiger partial charge in [-0.15, -0.1) is 0 Å². The van der Waals surface area contributed by atoms with Gasteiger partial charge in [-0.1, -0.05) is 12.2 Å².